The van der Waals surface area contributed by atoms with Gasteiger partial charge in [-0.25, -0.2) is 0 Å². The maximum atomic E-state index is 5.89. The second kappa shape index (κ2) is 4.69. The summed E-state index contributed by atoms with van der Waals surface area (Å²) in [7, 11) is 0. The highest BCUT2D eigenvalue weighted by atomic mass is 16.5. The quantitative estimate of drug-likeness (QED) is 0.720. The van der Waals surface area contributed by atoms with Crippen LogP contribution >= 0.6 is 0 Å². The Kier molecular flexibility index (Phi) is 2.88. The van der Waals surface area contributed by atoms with Gasteiger partial charge in [0.15, 0.2) is 0 Å². The Morgan fingerprint density at radius 1 is 1.11 bits per heavy atom. The molecule has 3 heteroatoms. The highest BCUT2D eigenvalue weighted by molar-refractivity contribution is 5.89. The van der Waals surface area contributed by atoms with E-state index in [9.17, 15) is 0 Å². The number of hydrogen-bond donors (Lipinski definition) is 1. The summed E-state index contributed by atoms with van der Waals surface area (Å²) < 4.78 is 11.4. The van der Waals surface area contributed by atoms with E-state index in [1.54, 1.807) is 0 Å². The summed E-state index contributed by atoms with van der Waals surface area (Å²) in [6.07, 6.45) is 0. The zero-order valence-electron chi connectivity index (χ0n) is 10.7. The molecule has 0 saturated heterocycles. The maximum absolute atomic E-state index is 5.89. The molecule has 0 aliphatic heterocycles. The number of rotatable bonds is 3. The molecule has 0 atom stereocenters. The van der Waals surface area contributed by atoms with Crippen LogP contribution < -0.4 is 10.5 Å². The first-order valence-corrected chi connectivity index (χ1v) is 6.19. The Labute approximate surface area is 111 Å². The zero-order valence-corrected chi connectivity index (χ0v) is 10.7. The molecule has 3 nitrogen and oxygen atoms in total. The van der Waals surface area contributed by atoms with Crippen LogP contribution in [0.25, 0.3) is 11.0 Å². The van der Waals surface area contributed by atoms with Gasteiger partial charge >= 0.3 is 0 Å². The van der Waals surface area contributed by atoms with Gasteiger partial charge in [-0.3, -0.25) is 0 Å². The lowest BCUT2D eigenvalue weighted by molar-refractivity contribution is 0.274. The number of fused-ring (bicyclic) bond motifs is 1. The molecule has 3 aromatic rings. The number of furan rings is 1. The Balaban J connectivity index is 1.78. The smallest absolute Gasteiger partial charge is 0.146 e. The molecule has 0 aliphatic carbocycles. The van der Waals surface area contributed by atoms with E-state index >= 15 is 0 Å². The minimum absolute atomic E-state index is 0.400. The van der Waals surface area contributed by atoms with Crippen LogP contribution in [0.2, 0.25) is 0 Å². The number of hydrogen-bond acceptors (Lipinski definition) is 3. The van der Waals surface area contributed by atoms with E-state index in [1.165, 1.54) is 5.56 Å². The van der Waals surface area contributed by atoms with Crippen molar-refractivity contribution >= 4 is 16.7 Å². The van der Waals surface area contributed by atoms with Crippen molar-refractivity contribution in [3.8, 4) is 5.75 Å². The van der Waals surface area contributed by atoms with Crippen molar-refractivity contribution in [3.05, 3.63) is 59.9 Å². The first-order valence-electron chi connectivity index (χ1n) is 6.19. The van der Waals surface area contributed by atoms with Gasteiger partial charge in [-0.15, -0.1) is 0 Å². The third-order valence-corrected chi connectivity index (χ3v) is 3.05. The fourth-order valence-corrected chi connectivity index (χ4v) is 2.00. The lowest BCUT2D eigenvalue weighted by Crippen LogP contribution is -1.93. The van der Waals surface area contributed by atoms with Gasteiger partial charge in [0.1, 0.15) is 23.7 Å². The topological polar surface area (TPSA) is 48.4 Å². The lowest BCUT2D eigenvalue weighted by atomic mass is 10.2. The van der Waals surface area contributed by atoms with Crippen molar-refractivity contribution in [1.82, 2.24) is 0 Å². The minimum Gasteiger partial charge on any atom is -0.486 e. The number of ether oxygens (including phenoxy) is 1. The molecule has 2 N–H and O–H groups in total. The third kappa shape index (κ3) is 2.40. The predicted octanol–water partition coefficient (Wildman–Crippen LogP) is 3.90. The van der Waals surface area contributed by atoms with E-state index in [4.69, 9.17) is 14.9 Å². The number of aryl methyl sites for hydroxylation is 1. The van der Waals surface area contributed by atoms with Crippen LogP contribution in [0.4, 0.5) is 5.69 Å². The van der Waals surface area contributed by atoms with Crippen molar-refractivity contribution in [3.63, 3.8) is 0 Å². The van der Waals surface area contributed by atoms with Crippen LogP contribution in [0.5, 0.6) is 5.75 Å². The second-order valence-corrected chi connectivity index (χ2v) is 4.57. The number of nitrogens with two attached hydrogens (primary N) is 1. The highest BCUT2D eigenvalue weighted by Crippen LogP contribution is 2.25. The lowest BCUT2D eigenvalue weighted by Gasteiger charge is -2.03. The molecule has 0 spiro atoms. The molecule has 0 fully saturated rings. The summed E-state index contributed by atoms with van der Waals surface area (Å²) in [6, 6.07) is 15.5. The van der Waals surface area contributed by atoms with E-state index < -0.39 is 0 Å². The highest BCUT2D eigenvalue weighted by Gasteiger charge is 2.06. The summed E-state index contributed by atoms with van der Waals surface area (Å²) in [5, 5.41) is 0.935. The van der Waals surface area contributed by atoms with Gasteiger partial charge in [-0.1, -0.05) is 23.8 Å². The number of benzene rings is 2. The Morgan fingerprint density at radius 2 is 1.89 bits per heavy atom. The first kappa shape index (κ1) is 11.7. The van der Waals surface area contributed by atoms with E-state index in [-0.39, 0.29) is 0 Å². The Bertz CT molecular complexity index is 698. The first-order chi connectivity index (χ1) is 9.22. The largest absolute Gasteiger partial charge is 0.486 e. The van der Waals surface area contributed by atoms with Crippen molar-refractivity contribution < 1.29 is 9.15 Å². The van der Waals surface area contributed by atoms with Crippen LogP contribution in [0.1, 0.15) is 11.3 Å². The Hall–Kier alpha value is -2.42. The minimum atomic E-state index is 0.400. The van der Waals surface area contributed by atoms with E-state index in [0.29, 0.717) is 6.61 Å². The fourth-order valence-electron chi connectivity index (χ4n) is 2.00. The average Bonchev–Trinajstić information content (AvgIpc) is 2.83. The molecule has 0 aliphatic rings. The molecule has 0 radical (unpaired) electrons. The predicted molar refractivity (Wildman–Crippen MR) is 76.1 cm³/mol. The average molecular weight is 253 g/mol. The molecule has 19 heavy (non-hydrogen) atoms. The number of anilines is 1. The standard InChI is InChI=1S/C16H15NO2/c1-11-5-7-12(8-6-11)18-10-13-9-14-15(17)3-2-4-16(14)19-13/h2-9H,10,17H2,1H3. The van der Waals surface area contributed by atoms with Crippen LogP contribution in [0.15, 0.2) is 52.9 Å². The molecule has 0 amide bonds. The summed E-state index contributed by atoms with van der Waals surface area (Å²) in [4.78, 5) is 0. The molecular weight excluding hydrogens is 238 g/mol. The molecule has 96 valence electrons. The summed E-state index contributed by atoms with van der Waals surface area (Å²) in [6.45, 7) is 2.45. The van der Waals surface area contributed by atoms with Crippen molar-refractivity contribution in [2.45, 2.75) is 13.5 Å². The van der Waals surface area contributed by atoms with Gasteiger partial charge in [0, 0.05) is 11.1 Å². The summed E-state index contributed by atoms with van der Waals surface area (Å²) in [5.74, 6) is 1.60. The molecule has 2 aromatic carbocycles. The zero-order chi connectivity index (χ0) is 13.2. The van der Waals surface area contributed by atoms with Gasteiger partial charge in [-0.2, -0.15) is 0 Å². The van der Waals surface area contributed by atoms with Gasteiger partial charge in [0.05, 0.1) is 0 Å². The van der Waals surface area contributed by atoms with Crippen molar-refractivity contribution in [1.29, 1.82) is 0 Å². The molecular formula is C16H15NO2. The Morgan fingerprint density at radius 3 is 2.63 bits per heavy atom. The van der Waals surface area contributed by atoms with Crippen molar-refractivity contribution in [2.24, 2.45) is 0 Å². The molecule has 0 saturated carbocycles. The third-order valence-electron chi connectivity index (χ3n) is 3.05. The molecule has 1 heterocycles. The van der Waals surface area contributed by atoms with Crippen LogP contribution in [-0.2, 0) is 6.61 Å². The van der Waals surface area contributed by atoms with Crippen LogP contribution in [0.3, 0.4) is 0 Å². The van der Waals surface area contributed by atoms with Crippen LogP contribution in [-0.4, -0.2) is 0 Å². The van der Waals surface area contributed by atoms with Gasteiger partial charge < -0.3 is 14.9 Å². The SMILES string of the molecule is Cc1ccc(OCc2cc3c(N)cccc3o2)cc1. The summed E-state index contributed by atoms with van der Waals surface area (Å²) >= 11 is 0. The number of nitrogen functional groups attached to an aromatic ring is 1. The fraction of sp³-hybridized carbons (Fsp3) is 0.125. The van der Waals surface area contributed by atoms with E-state index in [0.717, 1.165) is 28.2 Å². The van der Waals surface area contributed by atoms with Gasteiger partial charge in [0.25, 0.3) is 0 Å². The van der Waals surface area contributed by atoms with E-state index in [2.05, 4.69) is 0 Å². The van der Waals surface area contributed by atoms with Gasteiger partial charge in [0.2, 0.25) is 0 Å². The monoisotopic (exact) mass is 253 g/mol. The molecule has 0 bridgehead atoms. The van der Waals surface area contributed by atoms with Crippen LogP contribution in [0, 0.1) is 6.92 Å². The van der Waals surface area contributed by atoms with Crippen molar-refractivity contribution in [2.75, 3.05) is 5.73 Å². The summed E-state index contributed by atoms with van der Waals surface area (Å²) in [5.41, 5.74) is 8.62. The molecule has 1 aromatic heterocycles. The van der Waals surface area contributed by atoms with Gasteiger partial charge in [-0.05, 0) is 37.3 Å². The molecule has 0 unspecified atom stereocenters. The normalized spacial score (nSPS) is 10.8. The second-order valence-electron chi connectivity index (χ2n) is 4.57. The maximum Gasteiger partial charge on any atom is 0.146 e. The van der Waals surface area contributed by atoms with E-state index in [1.807, 2.05) is 55.5 Å². The molecule has 3 rings (SSSR count).